The Labute approximate surface area is 145 Å². The Hall–Kier alpha value is -2.28. The van der Waals surface area contributed by atoms with Gasteiger partial charge in [0.15, 0.2) is 5.82 Å². The standard InChI is InChI=1S/C18H21FN4O2/c19-14-8-7-12(20-18(24)15-5-4-10-25-15)11-13(14)17-22-21-16-6-2-1-3-9-23(16)17/h7-8,11,15H,1-6,9-10H2,(H,20,24). The molecule has 1 saturated heterocycles. The molecule has 132 valence electrons. The zero-order valence-electron chi connectivity index (χ0n) is 14.0. The number of carbonyl (C=O) groups excluding carboxylic acids is 1. The van der Waals surface area contributed by atoms with Gasteiger partial charge in [-0.15, -0.1) is 10.2 Å². The Morgan fingerprint density at radius 1 is 1.24 bits per heavy atom. The molecule has 1 aromatic carbocycles. The van der Waals surface area contributed by atoms with Crippen LogP contribution < -0.4 is 5.32 Å². The van der Waals surface area contributed by atoms with Gasteiger partial charge in [0.1, 0.15) is 17.7 Å². The highest BCUT2D eigenvalue weighted by Crippen LogP contribution is 2.28. The summed E-state index contributed by atoms with van der Waals surface area (Å²) >= 11 is 0. The minimum atomic E-state index is -0.419. The molecule has 2 aromatic rings. The third kappa shape index (κ3) is 3.28. The van der Waals surface area contributed by atoms with Gasteiger partial charge in [-0.2, -0.15) is 0 Å². The van der Waals surface area contributed by atoms with Crippen LogP contribution in [0, 0.1) is 5.82 Å². The molecule has 2 aliphatic heterocycles. The molecule has 0 radical (unpaired) electrons. The van der Waals surface area contributed by atoms with E-state index >= 15 is 0 Å². The van der Waals surface area contributed by atoms with Crippen LogP contribution in [0.4, 0.5) is 10.1 Å². The summed E-state index contributed by atoms with van der Waals surface area (Å²) in [6.45, 7) is 1.41. The van der Waals surface area contributed by atoms with Gasteiger partial charge < -0.3 is 14.6 Å². The van der Waals surface area contributed by atoms with Gasteiger partial charge in [-0.25, -0.2) is 4.39 Å². The number of aromatic nitrogens is 3. The highest BCUT2D eigenvalue weighted by Gasteiger charge is 2.24. The fourth-order valence-corrected chi connectivity index (χ4v) is 3.47. The van der Waals surface area contributed by atoms with Gasteiger partial charge in [0.05, 0.1) is 5.56 Å². The predicted octanol–water partition coefficient (Wildman–Crippen LogP) is 2.93. The number of amides is 1. The summed E-state index contributed by atoms with van der Waals surface area (Å²) in [6, 6.07) is 4.55. The van der Waals surface area contributed by atoms with Gasteiger partial charge >= 0.3 is 0 Å². The highest BCUT2D eigenvalue weighted by atomic mass is 19.1. The van der Waals surface area contributed by atoms with Gasteiger partial charge in [-0.3, -0.25) is 4.79 Å². The van der Waals surface area contributed by atoms with E-state index in [2.05, 4.69) is 15.5 Å². The second-order valence-electron chi connectivity index (χ2n) is 6.59. The summed E-state index contributed by atoms with van der Waals surface area (Å²) in [7, 11) is 0. The average Bonchev–Trinajstić information content (AvgIpc) is 3.22. The quantitative estimate of drug-likeness (QED) is 0.929. The summed E-state index contributed by atoms with van der Waals surface area (Å²) in [5.41, 5.74) is 0.911. The number of fused-ring (bicyclic) bond motifs is 1. The van der Waals surface area contributed by atoms with E-state index in [4.69, 9.17) is 4.74 Å². The van der Waals surface area contributed by atoms with E-state index in [0.717, 1.165) is 50.9 Å². The molecular formula is C18H21FN4O2. The van der Waals surface area contributed by atoms with Crippen molar-refractivity contribution < 1.29 is 13.9 Å². The number of hydrogen-bond acceptors (Lipinski definition) is 4. The van der Waals surface area contributed by atoms with Crippen LogP contribution in [-0.2, 0) is 22.5 Å². The Morgan fingerprint density at radius 2 is 2.16 bits per heavy atom. The van der Waals surface area contributed by atoms with Crippen molar-refractivity contribution in [1.82, 2.24) is 14.8 Å². The first-order valence-electron chi connectivity index (χ1n) is 8.87. The van der Waals surface area contributed by atoms with E-state index in [9.17, 15) is 9.18 Å². The zero-order chi connectivity index (χ0) is 17.2. The topological polar surface area (TPSA) is 69.0 Å². The van der Waals surface area contributed by atoms with Crippen molar-refractivity contribution in [3.8, 4) is 11.4 Å². The lowest BCUT2D eigenvalue weighted by Gasteiger charge is -2.12. The first-order chi connectivity index (χ1) is 12.2. The smallest absolute Gasteiger partial charge is 0.253 e. The van der Waals surface area contributed by atoms with Gasteiger partial charge in [0.25, 0.3) is 5.91 Å². The second kappa shape index (κ2) is 6.92. The summed E-state index contributed by atoms with van der Waals surface area (Å²) in [4.78, 5) is 12.2. The monoisotopic (exact) mass is 344 g/mol. The number of nitrogens with zero attached hydrogens (tertiary/aromatic N) is 3. The minimum absolute atomic E-state index is 0.185. The highest BCUT2D eigenvalue weighted by molar-refractivity contribution is 5.94. The fraction of sp³-hybridized carbons (Fsp3) is 0.500. The first kappa shape index (κ1) is 16.2. The Bertz CT molecular complexity index is 783. The molecule has 0 saturated carbocycles. The number of benzene rings is 1. The number of nitrogens with one attached hydrogen (secondary N) is 1. The molecule has 7 heteroatoms. The van der Waals surface area contributed by atoms with Crippen molar-refractivity contribution in [2.75, 3.05) is 11.9 Å². The van der Waals surface area contributed by atoms with Crippen molar-refractivity contribution in [3.05, 3.63) is 29.8 Å². The first-order valence-corrected chi connectivity index (χ1v) is 8.87. The molecule has 4 rings (SSSR count). The number of carbonyl (C=O) groups is 1. The van der Waals surface area contributed by atoms with E-state index in [1.54, 1.807) is 12.1 Å². The molecule has 3 heterocycles. The fourth-order valence-electron chi connectivity index (χ4n) is 3.47. The molecule has 0 spiro atoms. The normalized spacial score (nSPS) is 20.1. The lowest BCUT2D eigenvalue weighted by atomic mass is 10.1. The van der Waals surface area contributed by atoms with E-state index in [-0.39, 0.29) is 11.7 Å². The van der Waals surface area contributed by atoms with E-state index < -0.39 is 6.10 Å². The average molecular weight is 344 g/mol. The molecule has 25 heavy (non-hydrogen) atoms. The lowest BCUT2D eigenvalue weighted by Crippen LogP contribution is -2.26. The van der Waals surface area contributed by atoms with Crippen LogP contribution in [0.25, 0.3) is 11.4 Å². The van der Waals surface area contributed by atoms with Crippen LogP contribution in [0.1, 0.15) is 37.9 Å². The van der Waals surface area contributed by atoms with Crippen LogP contribution >= 0.6 is 0 Å². The van der Waals surface area contributed by atoms with Crippen LogP contribution in [0.15, 0.2) is 18.2 Å². The number of rotatable bonds is 3. The lowest BCUT2D eigenvalue weighted by molar-refractivity contribution is -0.124. The maximum atomic E-state index is 14.4. The van der Waals surface area contributed by atoms with E-state index in [1.165, 1.54) is 6.07 Å². The SMILES string of the molecule is O=C(Nc1ccc(F)c(-c2nnc3n2CCCCC3)c1)C1CCCO1. The molecule has 2 aliphatic rings. The molecule has 1 unspecified atom stereocenters. The van der Waals surface area contributed by atoms with Crippen LogP contribution in [0.2, 0.25) is 0 Å². The third-order valence-electron chi connectivity index (χ3n) is 4.81. The Balaban J connectivity index is 1.62. The summed E-state index contributed by atoms with van der Waals surface area (Å²) in [5.74, 6) is 0.882. The molecule has 1 atom stereocenters. The summed E-state index contributed by atoms with van der Waals surface area (Å²) in [6.07, 6.45) is 5.31. The number of ether oxygens (including phenoxy) is 1. The second-order valence-corrected chi connectivity index (χ2v) is 6.59. The molecule has 0 bridgehead atoms. The molecular weight excluding hydrogens is 323 g/mol. The molecule has 1 fully saturated rings. The number of aryl methyl sites for hydroxylation is 1. The third-order valence-corrected chi connectivity index (χ3v) is 4.81. The minimum Gasteiger partial charge on any atom is -0.368 e. The molecule has 6 nitrogen and oxygen atoms in total. The summed E-state index contributed by atoms with van der Waals surface area (Å²) in [5, 5.41) is 11.2. The van der Waals surface area contributed by atoms with Crippen molar-refractivity contribution >= 4 is 11.6 Å². The molecule has 1 amide bonds. The maximum Gasteiger partial charge on any atom is 0.253 e. The largest absolute Gasteiger partial charge is 0.368 e. The van der Waals surface area contributed by atoms with Crippen LogP contribution in [0.5, 0.6) is 0 Å². The van der Waals surface area contributed by atoms with Crippen molar-refractivity contribution in [2.45, 2.75) is 51.2 Å². The predicted molar refractivity (Wildman–Crippen MR) is 90.6 cm³/mol. The zero-order valence-corrected chi connectivity index (χ0v) is 14.0. The molecule has 1 aromatic heterocycles. The Kier molecular flexibility index (Phi) is 4.48. The number of halogens is 1. The van der Waals surface area contributed by atoms with Crippen LogP contribution in [-0.4, -0.2) is 33.4 Å². The van der Waals surface area contributed by atoms with Gasteiger partial charge in [0.2, 0.25) is 0 Å². The number of hydrogen-bond donors (Lipinski definition) is 1. The van der Waals surface area contributed by atoms with Crippen molar-refractivity contribution in [3.63, 3.8) is 0 Å². The van der Waals surface area contributed by atoms with Crippen LogP contribution in [0.3, 0.4) is 0 Å². The maximum absolute atomic E-state index is 14.4. The summed E-state index contributed by atoms with van der Waals surface area (Å²) < 4.78 is 21.8. The van der Waals surface area contributed by atoms with E-state index in [0.29, 0.717) is 23.7 Å². The Morgan fingerprint density at radius 3 is 3.00 bits per heavy atom. The van der Waals surface area contributed by atoms with Crippen molar-refractivity contribution in [1.29, 1.82) is 0 Å². The van der Waals surface area contributed by atoms with Gasteiger partial charge in [-0.1, -0.05) is 6.42 Å². The van der Waals surface area contributed by atoms with Crippen molar-refractivity contribution in [2.24, 2.45) is 0 Å². The molecule has 0 aliphatic carbocycles. The number of anilines is 1. The molecule has 1 N–H and O–H groups in total. The van der Waals surface area contributed by atoms with Gasteiger partial charge in [-0.05, 0) is 43.9 Å². The van der Waals surface area contributed by atoms with Gasteiger partial charge in [0, 0.05) is 25.3 Å². The van der Waals surface area contributed by atoms with E-state index in [1.807, 2.05) is 4.57 Å².